The molecular weight excluding hydrogens is 318 g/mol. The van der Waals surface area contributed by atoms with E-state index in [0.29, 0.717) is 9.90 Å². The van der Waals surface area contributed by atoms with E-state index in [4.69, 9.17) is 11.6 Å². The molecule has 0 bridgehead atoms. The normalized spacial score (nSPS) is 16.5. The first-order valence-electron chi connectivity index (χ1n) is 7.38. The largest absolute Gasteiger partial charge is 0.337 e. The van der Waals surface area contributed by atoms with Crippen molar-refractivity contribution in [1.82, 2.24) is 14.8 Å². The highest BCUT2D eigenvalue weighted by Gasteiger charge is 2.22. The predicted molar refractivity (Wildman–Crippen MR) is 89.4 cm³/mol. The molecule has 22 heavy (non-hydrogen) atoms. The van der Waals surface area contributed by atoms with Crippen molar-refractivity contribution in [2.24, 2.45) is 0 Å². The highest BCUT2D eigenvalue weighted by Crippen LogP contribution is 2.24. The lowest BCUT2D eigenvalue weighted by atomic mass is 10.3. The van der Waals surface area contributed by atoms with Crippen LogP contribution in [0.2, 0.25) is 5.02 Å². The monoisotopic (exact) mass is 335 g/mol. The summed E-state index contributed by atoms with van der Waals surface area (Å²) >= 11 is 7.49. The lowest BCUT2D eigenvalue weighted by molar-refractivity contribution is 0.0766. The first-order valence-corrected chi connectivity index (χ1v) is 8.64. The molecule has 2 aromatic heterocycles. The number of aromatic nitrogens is 1. The Kier molecular flexibility index (Phi) is 5.08. The Balaban J connectivity index is 1.60. The van der Waals surface area contributed by atoms with E-state index in [0.717, 1.165) is 44.8 Å². The van der Waals surface area contributed by atoms with Gasteiger partial charge in [-0.15, -0.1) is 11.3 Å². The summed E-state index contributed by atoms with van der Waals surface area (Å²) in [6.07, 6.45) is 2.79. The summed E-state index contributed by atoms with van der Waals surface area (Å²) in [5.41, 5.74) is 1.07. The Morgan fingerprint density at radius 1 is 1.23 bits per heavy atom. The fraction of sp³-hybridized carbons (Fsp3) is 0.375. The number of carbonyl (C=O) groups excluding carboxylic acids is 1. The summed E-state index contributed by atoms with van der Waals surface area (Å²) in [7, 11) is 0. The van der Waals surface area contributed by atoms with Gasteiger partial charge in [0.15, 0.2) is 0 Å². The number of carbonyl (C=O) groups is 1. The number of nitrogens with zero attached hydrogens (tertiary/aromatic N) is 3. The second kappa shape index (κ2) is 7.22. The summed E-state index contributed by atoms with van der Waals surface area (Å²) < 4.78 is 0. The van der Waals surface area contributed by atoms with Gasteiger partial charge in [0.1, 0.15) is 4.88 Å². The Hall–Kier alpha value is -1.43. The van der Waals surface area contributed by atoms with E-state index in [1.54, 1.807) is 6.07 Å². The molecule has 1 aliphatic heterocycles. The fourth-order valence-electron chi connectivity index (χ4n) is 2.64. The molecule has 0 N–H and O–H groups in total. The molecule has 1 amide bonds. The molecule has 1 aliphatic rings. The Bertz CT molecular complexity index is 631. The minimum absolute atomic E-state index is 0.0553. The third-order valence-electron chi connectivity index (χ3n) is 3.80. The molecule has 0 saturated carbocycles. The number of amides is 1. The molecule has 0 spiro atoms. The zero-order valence-electron chi connectivity index (χ0n) is 12.2. The Morgan fingerprint density at radius 2 is 2.14 bits per heavy atom. The van der Waals surface area contributed by atoms with Crippen molar-refractivity contribution in [1.29, 1.82) is 0 Å². The molecule has 6 heteroatoms. The Labute approximate surface area is 139 Å². The minimum Gasteiger partial charge on any atom is -0.337 e. The average molecular weight is 336 g/mol. The van der Waals surface area contributed by atoms with Crippen LogP contribution in [0, 0.1) is 0 Å². The van der Waals surface area contributed by atoms with Crippen LogP contribution in [-0.4, -0.2) is 46.9 Å². The molecule has 3 rings (SSSR count). The molecule has 4 nitrogen and oxygen atoms in total. The third kappa shape index (κ3) is 3.66. The van der Waals surface area contributed by atoms with E-state index in [-0.39, 0.29) is 5.91 Å². The zero-order chi connectivity index (χ0) is 15.4. The molecule has 2 aromatic rings. The van der Waals surface area contributed by atoms with E-state index in [1.807, 2.05) is 34.7 Å². The van der Waals surface area contributed by atoms with Gasteiger partial charge in [-0.1, -0.05) is 17.7 Å². The lowest BCUT2D eigenvalue weighted by Crippen LogP contribution is -2.34. The van der Waals surface area contributed by atoms with E-state index in [2.05, 4.69) is 9.88 Å². The standard InChI is InChI=1S/C16H18ClN3OS/c17-14-5-11-22-15(14)16(21)20-8-3-7-19(9-10-20)12-13-4-1-2-6-18-13/h1-2,4-6,11H,3,7-10,12H2. The molecular formula is C16H18ClN3OS. The first kappa shape index (κ1) is 15.5. The molecule has 1 saturated heterocycles. The van der Waals surface area contributed by atoms with Gasteiger partial charge in [0.05, 0.1) is 10.7 Å². The van der Waals surface area contributed by atoms with Crippen LogP contribution < -0.4 is 0 Å². The van der Waals surface area contributed by atoms with Crippen LogP contribution >= 0.6 is 22.9 Å². The number of rotatable bonds is 3. The van der Waals surface area contributed by atoms with Crippen LogP contribution in [0.25, 0.3) is 0 Å². The second-order valence-corrected chi connectivity index (χ2v) is 6.66. The quantitative estimate of drug-likeness (QED) is 0.864. The highest BCUT2D eigenvalue weighted by atomic mass is 35.5. The molecule has 0 radical (unpaired) electrons. The van der Waals surface area contributed by atoms with Gasteiger partial charge in [-0.3, -0.25) is 14.7 Å². The fourth-order valence-corrected chi connectivity index (χ4v) is 3.75. The van der Waals surface area contributed by atoms with Crippen LogP contribution in [0.3, 0.4) is 0 Å². The van der Waals surface area contributed by atoms with E-state index in [1.165, 1.54) is 11.3 Å². The Morgan fingerprint density at radius 3 is 2.86 bits per heavy atom. The summed E-state index contributed by atoms with van der Waals surface area (Å²) in [5, 5.41) is 2.42. The number of halogens is 1. The smallest absolute Gasteiger partial charge is 0.265 e. The van der Waals surface area contributed by atoms with Crippen molar-refractivity contribution < 1.29 is 4.79 Å². The van der Waals surface area contributed by atoms with Crippen molar-refractivity contribution in [2.75, 3.05) is 26.2 Å². The topological polar surface area (TPSA) is 36.4 Å². The van der Waals surface area contributed by atoms with Gasteiger partial charge in [-0.05, 0) is 30.0 Å². The molecule has 0 aromatic carbocycles. The maximum Gasteiger partial charge on any atom is 0.265 e. The van der Waals surface area contributed by atoms with Crippen molar-refractivity contribution in [3.05, 3.63) is 51.4 Å². The zero-order valence-corrected chi connectivity index (χ0v) is 13.8. The maximum atomic E-state index is 12.5. The van der Waals surface area contributed by atoms with Gasteiger partial charge in [0.2, 0.25) is 0 Å². The van der Waals surface area contributed by atoms with E-state index < -0.39 is 0 Å². The molecule has 0 atom stereocenters. The van der Waals surface area contributed by atoms with Crippen molar-refractivity contribution in [2.45, 2.75) is 13.0 Å². The lowest BCUT2D eigenvalue weighted by Gasteiger charge is -2.21. The van der Waals surface area contributed by atoms with Gasteiger partial charge in [0, 0.05) is 38.9 Å². The molecule has 0 unspecified atom stereocenters. The van der Waals surface area contributed by atoms with Crippen molar-refractivity contribution >= 4 is 28.8 Å². The third-order valence-corrected chi connectivity index (χ3v) is 5.13. The van der Waals surface area contributed by atoms with Gasteiger partial charge in [0.25, 0.3) is 5.91 Å². The number of hydrogen-bond donors (Lipinski definition) is 0. The average Bonchev–Trinajstić information content (AvgIpc) is 2.82. The van der Waals surface area contributed by atoms with Crippen molar-refractivity contribution in [3.8, 4) is 0 Å². The van der Waals surface area contributed by atoms with E-state index >= 15 is 0 Å². The predicted octanol–water partition coefficient (Wildman–Crippen LogP) is 3.14. The second-order valence-electron chi connectivity index (χ2n) is 5.34. The van der Waals surface area contributed by atoms with Crippen LogP contribution in [-0.2, 0) is 6.54 Å². The van der Waals surface area contributed by atoms with E-state index in [9.17, 15) is 4.79 Å². The first-order chi connectivity index (χ1) is 10.7. The van der Waals surface area contributed by atoms with Crippen LogP contribution in [0.4, 0.5) is 0 Å². The number of pyridine rings is 1. The summed E-state index contributed by atoms with van der Waals surface area (Å²) in [4.78, 5) is 21.8. The minimum atomic E-state index is 0.0553. The molecule has 1 fully saturated rings. The molecule has 116 valence electrons. The van der Waals surface area contributed by atoms with Gasteiger partial charge in [-0.25, -0.2) is 0 Å². The van der Waals surface area contributed by atoms with Gasteiger partial charge < -0.3 is 4.90 Å². The summed E-state index contributed by atoms with van der Waals surface area (Å²) in [5.74, 6) is 0.0553. The van der Waals surface area contributed by atoms with Gasteiger partial charge in [-0.2, -0.15) is 0 Å². The van der Waals surface area contributed by atoms with Crippen LogP contribution in [0.15, 0.2) is 35.8 Å². The molecule has 0 aliphatic carbocycles. The highest BCUT2D eigenvalue weighted by molar-refractivity contribution is 7.12. The number of thiophene rings is 1. The van der Waals surface area contributed by atoms with Crippen LogP contribution in [0.1, 0.15) is 21.8 Å². The van der Waals surface area contributed by atoms with Crippen molar-refractivity contribution in [3.63, 3.8) is 0 Å². The summed E-state index contributed by atoms with van der Waals surface area (Å²) in [6.45, 7) is 4.21. The molecule has 3 heterocycles. The van der Waals surface area contributed by atoms with Crippen LogP contribution in [0.5, 0.6) is 0 Å². The SMILES string of the molecule is O=C(c1sccc1Cl)N1CCCN(Cc2ccccn2)CC1. The van der Waals surface area contributed by atoms with Gasteiger partial charge >= 0.3 is 0 Å². The summed E-state index contributed by atoms with van der Waals surface area (Å²) in [6, 6.07) is 7.76. The maximum absolute atomic E-state index is 12.5. The number of hydrogen-bond acceptors (Lipinski definition) is 4.